The average molecular weight is 362 g/mol. The normalized spacial score (nSPS) is 11.1. The summed E-state index contributed by atoms with van der Waals surface area (Å²) in [5.41, 5.74) is 3.59. The molecule has 0 saturated heterocycles. The minimum absolute atomic E-state index is 0.155. The molecule has 0 radical (unpaired) electrons. The molecule has 0 aliphatic carbocycles. The van der Waals surface area contributed by atoms with Crippen LogP contribution in [-0.4, -0.2) is 23.1 Å². The molecule has 2 rings (SSSR count). The number of hydrogen-bond acceptors (Lipinski definition) is 5. The highest BCUT2D eigenvalue weighted by Crippen LogP contribution is 2.28. The fourth-order valence-corrected chi connectivity index (χ4v) is 2.15. The fraction of sp³-hybridized carbons (Fsp3) is 0.176. The van der Waals surface area contributed by atoms with Gasteiger partial charge in [-0.3, -0.25) is 14.9 Å². The van der Waals surface area contributed by atoms with Crippen molar-refractivity contribution in [2.24, 2.45) is 5.10 Å². The zero-order valence-corrected chi connectivity index (χ0v) is 14.4. The highest BCUT2D eigenvalue weighted by Gasteiger charge is 2.16. The SMILES string of the molecule is CCOc1ccc(/C(C)=N\NC(=O)c2ccc(Cl)cc2)cc1[N+](=O)[O-]. The molecule has 25 heavy (non-hydrogen) atoms. The third-order valence-corrected chi connectivity index (χ3v) is 3.56. The van der Waals surface area contributed by atoms with Crippen molar-refractivity contribution in [3.8, 4) is 5.75 Å². The summed E-state index contributed by atoms with van der Waals surface area (Å²) < 4.78 is 5.24. The predicted molar refractivity (Wildman–Crippen MR) is 95.4 cm³/mol. The van der Waals surface area contributed by atoms with Crippen LogP contribution in [0.2, 0.25) is 5.02 Å². The summed E-state index contributed by atoms with van der Waals surface area (Å²) in [4.78, 5) is 22.7. The first kappa shape index (κ1) is 18.4. The molecule has 0 spiro atoms. The van der Waals surface area contributed by atoms with Crippen LogP contribution in [0.4, 0.5) is 5.69 Å². The van der Waals surface area contributed by atoms with Gasteiger partial charge in [-0.15, -0.1) is 0 Å². The van der Waals surface area contributed by atoms with Crippen LogP contribution in [0.1, 0.15) is 29.8 Å². The van der Waals surface area contributed by atoms with E-state index in [0.717, 1.165) is 0 Å². The quantitative estimate of drug-likeness (QED) is 0.481. The number of nitro groups is 1. The number of amides is 1. The number of benzene rings is 2. The molecule has 1 N–H and O–H groups in total. The van der Waals surface area contributed by atoms with Crippen LogP contribution >= 0.6 is 11.6 Å². The number of nitro benzene ring substituents is 1. The lowest BCUT2D eigenvalue weighted by molar-refractivity contribution is -0.385. The number of carbonyl (C=O) groups is 1. The molecular weight excluding hydrogens is 346 g/mol. The molecule has 2 aromatic carbocycles. The first-order chi connectivity index (χ1) is 11.9. The van der Waals surface area contributed by atoms with E-state index in [1.807, 2.05) is 0 Å². The maximum absolute atomic E-state index is 12.0. The third kappa shape index (κ3) is 4.77. The monoisotopic (exact) mass is 361 g/mol. The molecule has 0 heterocycles. The zero-order chi connectivity index (χ0) is 18.4. The standard InChI is InChI=1S/C17H16ClN3O4/c1-3-25-16-9-6-13(10-15(16)21(23)24)11(2)19-20-17(22)12-4-7-14(18)8-5-12/h4-10H,3H2,1-2H3,(H,20,22)/b19-11-. The topological polar surface area (TPSA) is 93.8 Å². The van der Waals surface area contributed by atoms with Gasteiger partial charge in [-0.1, -0.05) is 11.6 Å². The summed E-state index contributed by atoms with van der Waals surface area (Å²) in [5, 5.41) is 15.7. The van der Waals surface area contributed by atoms with Gasteiger partial charge in [0, 0.05) is 22.2 Å². The first-order valence-electron chi connectivity index (χ1n) is 7.44. The maximum atomic E-state index is 12.0. The van der Waals surface area contributed by atoms with E-state index < -0.39 is 10.8 Å². The van der Waals surface area contributed by atoms with Gasteiger partial charge in [-0.25, -0.2) is 5.43 Å². The first-order valence-corrected chi connectivity index (χ1v) is 7.82. The van der Waals surface area contributed by atoms with Crippen molar-refractivity contribution in [1.29, 1.82) is 0 Å². The minimum Gasteiger partial charge on any atom is -0.487 e. The number of halogens is 1. The van der Waals surface area contributed by atoms with Crippen LogP contribution in [0.15, 0.2) is 47.6 Å². The number of rotatable bonds is 6. The molecule has 0 unspecified atom stereocenters. The molecule has 0 saturated carbocycles. The summed E-state index contributed by atoms with van der Waals surface area (Å²) in [5.74, 6) is -0.217. The lowest BCUT2D eigenvalue weighted by atomic mass is 10.1. The van der Waals surface area contributed by atoms with E-state index in [1.165, 1.54) is 12.1 Å². The van der Waals surface area contributed by atoms with Gasteiger partial charge in [-0.2, -0.15) is 5.10 Å². The maximum Gasteiger partial charge on any atom is 0.311 e. The molecule has 1 amide bonds. The fourth-order valence-electron chi connectivity index (χ4n) is 2.03. The summed E-state index contributed by atoms with van der Waals surface area (Å²) in [6.45, 7) is 3.71. The predicted octanol–water partition coefficient (Wildman–Crippen LogP) is 3.80. The average Bonchev–Trinajstić information content (AvgIpc) is 2.60. The molecule has 0 fully saturated rings. The Kier molecular flexibility index (Phi) is 6.08. The molecule has 0 atom stereocenters. The number of hydrazone groups is 1. The molecule has 7 nitrogen and oxygen atoms in total. The Hall–Kier alpha value is -2.93. The van der Waals surface area contributed by atoms with Crippen molar-refractivity contribution in [1.82, 2.24) is 5.43 Å². The summed E-state index contributed by atoms with van der Waals surface area (Å²) in [6, 6.07) is 10.9. The number of hydrogen-bond donors (Lipinski definition) is 1. The molecule has 2 aromatic rings. The molecule has 0 bridgehead atoms. The lowest BCUT2D eigenvalue weighted by Gasteiger charge is -2.07. The third-order valence-electron chi connectivity index (χ3n) is 3.30. The van der Waals surface area contributed by atoms with Crippen LogP contribution < -0.4 is 10.2 Å². The van der Waals surface area contributed by atoms with Crippen molar-refractivity contribution >= 4 is 28.9 Å². The number of ether oxygens (including phenoxy) is 1. The number of nitrogens with one attached hydrogen (secondary N) is 1. The molecule has 0 aliphatic heterocycles. The van der Waals surface area contributed by atoms with Gasteiger partial charge in [0.05, 0.1) is 17.2 Å². The van der Waals surface area contributed by atoms with Crippen LogP contribution in [0.5, 0.6) is 5.75 Å². The Morgan fingerprint density at radius 3 is 2.48 bits per heavy atom. The Bertz CT molecular complexity index is 819. The van der Waals surface area contributed by atoms with Crippen molar-refractivity contribution in [3.63, 3.8) is 0 Å². The Morgan fingerprint density at radius 2 is 1.88 bits per heavy atom. The second kappa shape index (κ2) is 8.25. The van der Waals surface area contributed by atoms with Crippen LogP contribution in [0, 0.1) is 10.1 Å². The molecule has 8 heteroatoms. The highest BCUT2D eigenvalue weighted by atomic mass is 35.5. The minimum atomic E-state index is -0.520. The zero-order valence-electron chi connectivity index (χ0n) is 13.7. The summed E-state index contributed by atoms with van der Waals surface area (Å²) >= 11 is 5.77. The van der Waals surface area contributed by atoms with Gasteiger partial charge in [0.2, 0.25) is 0 Å². The second-order valence-corrected chi connectivity index (χ2v) is 5.45. The van der Waals surface area contributed by atoms with Gasteiger partial charge >= 0.3 is 5.69 Å². The van der Waals surface area contributed by atoms with Gasteiger partial charge in [-0.05, 0) is 50.2 Å². The Labute approximate surface area is 149 Å². The van der Waals surface area contributed by atoms with Crippen LogP contribution in [0.3, 0.4) is 0 Å². The Morgan fingerprint density at radius 1 is 1.24 bits per heavy atom. The molecular formula is C17H16ClN3O4. The Balaban J connectivity index is 2.18. The highest BCUT2D eigenvalue weighted by molar-refractivity contribution is 6.30. The molecule has 0 aromatic heterocycles. The van der Waals surface area contributed by atoms with Crippen molar-refractivity contribution in [2.75, 3.05) is 6.61 Å². The van der Waals surface area contributed by atoms with E-state index in [4.69, 9.17) is 16.3 Å². The molecule has 130 valence electrons. The molecule has 0 aliphatic rings. The van der Waals surface area contributed by atoms with E-state index in [9.17, 15) is 14.9 Å². The largest absolute Gasteiger partial charge is 0.487 e. The number of nitrogens with zero attached hydrogens (tertiary/aromatic N) is 2. The van der Waals surface area contributed by atoms with Gasteiger partial charge in [0.15, 0.2) is 5.75 Å². The van der Waals surface area contributed by atoms with Gasteiger partial charge < -0.3 is 4.74 Å². The van der Waals surface area contributed by atoms with Crippen molar-refractivity contribution in [3.05, 3.63) is 68.7 Å². The number of carbonyl (C=O) groups excluding carboxylic acids is 1. The summed E-state index contributed by atoms with van der Waals surface area (Å²) in [6.07, 6.45) is 0. The van der Waals surface area contributed by atoms with E-state index in [2.05, 4.69) is 10.5 Å². The van der Waals surface area contributed by atoms with E-state index in [-0.39, 0.29) is 11.4 Å². The van der Waals surface area contributed by atoms with E-state index in [0.29, 0.717) is 28.5 Å². The van der Waals surface area contributed by atoms with Crippen LogP contribution in [0.25, 0.3) is 0 Å². The van der Waals surface area contributed by atoms with Crippen molar-refractivity contribution in [2.45, 2.75) is 13.8 Å². The summed E-state index contributed by atoms with van der Waals surface area (Å²) in [7, 11) is 0. The smallest absolute Gasteiger partial charge is 0.311 e. The van der Waals surface area contributed by atoms with Crippen molar-refractivity contribution < 1.29 is 14.5 Å². The second-order valence-electron chi connectivity index (χ2n) is 5.02. The van der Waals surface area contributed by atoms with E-state index >= 15 is 0 Å². The lowest BCUT2D eigenvalue weighted by Crippen LogP contribution is -2.19. The van der Waals surface area contributed by atoms with E-state index in [1.54, 1.807) is 44.2 Å². The van der Waals surface area contributed by atoms with Crippen LogP contribution in [-0.2, 0) is 0 Å². The van der Waals surface area contributed by atoms with Gasteiger partial charge in [0.1, 0.15) is 0 Å². The van der Waals surface area contributed by atoms with Gasteiger partial charge in [0.25, 0.3) is 5.91 Å².